The second kappa shape index (κ2) is 5.39. The molecule has 1 fully saturated rings. The van der Waals surface area contributed by atoms with E-state index in [0.29, 0.717) is 18.5 Å². The smallest absolute Gasteiger partial charge is 0.159 e. The molecule has 0 amide bonds. The molecule has 0 saturated heterocycles. The Morgan fingerprint density at radius 1 is 1.21 bits per heavy atom. The van der Waals surface area contributed by atoms with Crippen LogP contribution in [-0.4, -0.2) is 0 Å². The predicted molar refractivity (Wildman–Crippen MR) is 73.0 cm³/mol. The van der Waals surface area contributed by atoms with E-state index < -0.39 is 11.6 Å². The summed E-state index contributed by atoms with van der Waals surface area (Å²) in [6, 6.07) is 8.60. The third-order valence-corrected chi connectivity index (χ3v) is 4.41. The molecule has 1 aromatic heterocycles. The Kier molecular flexibility index (Phi) is 3.62. The van der Waals surface area contributed by atoms with E-state index in [1.165, 1.54) is 29.9 Å². The van der Waals surface area contributed by atoms with Crippen molar-refractivity contribution in [3.63, 3.8) is 0 Å². The van der Waals surface area contributed by atoms with Crippen molar-refractivity contribution in [3.05, 3.63) is 57.8 Å². The lowest BCUT2D eigenvalue weighted by Crippen LogP contribution is -2.21. The number of nitrogens with one attached hydrogen (secondary N) is 1. The fourth-order valence-corrected chi connectivity index (χ4v) is 3.17. The predicted octanol–water partition coefficient (Wildman–Crippen LogP) is 4.27. The van der Waals surface area contributed by atoms with Gasteiger partial charge in [0.15, 0.2) is 11.6 Å². The normalized spacial score (nSPS) is 16.5. The third kappa shape index (κ3) is 3.01. The van der Waals surface area contributed by atoms with Crippen molar-refractivity contribution in [2.24, 2.45) is 5.92 Å². The number of rotatable bonds is 5. The van der Waals surface area contributed by atoms with Gasteiger partial charge in [-0.3, -0.25) is 0 Å². The average Bonchev–Trinajstić information content (AvgIpc) is 3.09. The summed E-state index contributed by atoms with van der Waals surface area (Å²) < 4.78 is 26.0. The molecular weight excluding hydrogens is 264 g/mol. The third-order valence-electron chi connectivity index (χ3n) is 3.45. The molecule has 1 saturated carbocycles. The van der Waals surface area contributed by atoms with Crippen LogP contribution in [0.15, 0.2) is 35.7 Å². The molecule has 1 atom stereocenters. The van der Waals surface area contributed by atoms with Gasteiger partial charge in [0.05, 0.1) is 0 Å². The minimum atomic E-state index is -0.791. The van der Waals surface area contributed by atoms with Gasteiger partial charge in [-0.05, 0) is 47.9 Å². The second-order valence-corrected chi connectivity index (χ2v) is 5.94. The molecule has 1 aliphatic rings. The van der Waals surface area contributed by atoms with Gasteiger partial charge in [-0.1, -0.05) is 12.1 Å². The van der Waals surface area contributed by atoms with Crippen molar-refractivity contribution < 1.29 is 8.78 Å². The van der Waals surface area contributed by atoms with E-state index in [-0.39, 0.29) is 0 Å². The SMILES string of the molecule is Fc1ccc(CNC(c2cccs2)C2CC2)cc1F. The van der Waals surface area contributed by atoms with Crippen molar-refractivity contribution in [1.29, 1.82) is 0 Å². The minimum absolute atomic E-state index is 0.341. The monoisotopic (exact) mass is 279 g/mol. The molecule has 0 radical (unpaired) electrons. The lowest BCUT2D eigenvalue weighted by atomic mass is 10.1. The first kappa shape index (κ1) is 12.8. The van der Waals surface area contributed by atoms with Crippen LogP contribution in [0.2, 0.25) is 0 Å². The van der Waals surface area contributed by atoms with Gasteiger partial charge in [-0.15, -0.1) is 11.3 Å². The van der Waals surface area contributed by atoms with E-state index in [9.17, 15) is 8.78 Å². The maximum Gasteiger partial charge on any atom is 0.159 e. The molecule has 100 valence electrons. The lowest BCUT2D eigenvalue weighted by molar-refractivity contribution is 0.480. The molecule has 1 aromatic carbocycles. The number of hydrogen-bond acceptors (Lipinski definition) is 2. The van der Waals surface area contributed by atoms with Crippen LogP contribution in [0.25, 0.3) is 0 Å². The van der Waals surface area contributed by atoms with Crippen molar-refractivity contribution in [2.45, 2.75) is 25.4 Å². The largest absolute Gasteiger partial charge is 0.305 e. The fourth-order valence-electron chi connectivity index (χ4n) is 2.27. The van der Waals surface area contributed by atoms with Gasteiger partial charge in [0.25, 0.3) is 0 Å². The van der Waals surface area contributed by atoms with Gasteiger partial charge < -0.3 is 5.32 Å². The summed E-state index contributed by atoms with van der Waals surface area (Å²) >= 11 is 1.74. The molecule has 3 rings (SSSR count). The molecular formula is C15H15F2NS. The highest BCUT2D eigenvalue weighted by atomic mass is 32.1. The van der Waals surface area contributed by atoms with Crippen LogP contribution in [0.5, 0.6) is 0 Å². The van der Waals surface area contributed by atoms with E-state index in [1.54, 1.807) is 17.4 Å². The Labute approximate surface area is 115 Å². The summed E-state index contributed by atoms with van der Waals surface area (Å²) in [5.41, 5.74) is 0.779. The summed E-state index contributed by atoms with van der Waals surface area (Å²) in [4.78, 5) is 1.32. The van der Waals surface area contributed by atoms with Gasteiger partial charge in [0, 0.05) is 17.5 Å². The fraction of sp³-hybridized carbons (Fsp3) is 0.333. The summed E-state index contributed by atoms with van der Waals surface area (Å²) in [6.45, 7) is 0.566. The first-order chi connectivity index (χ1) is 9.24. The average molecular weight is 279 g/mol. The molecule has 19 heavy (non-hydrogen) atoms. The van der Waals surface area contributed by atoms with Crippen LogP contribution in [0.4, 0.5) is 8.78 Å². The van der Waals surface area contributed by atoms with Crippen molar-refractivity contribution >= 4 is 11.3 Å². The summed E-state index contributed by atoms with van der Waals surface area (Å²) in [5.74, 6) is -0.886. The van der Waals surface area contributed by atoms with E-state index in [0.717, 1.165) is 5.56 Å². The first-order valence-corrected chi connectivity index (χ1v) is 7.33. The van der Waals surface area contributed by atoms with Gasteiger partial charge in [-0.25, -0.2) is 8.78 Å². The quantitative estimate of drug-likeness (QED) is 0.862. The topological polar surface area (TPSA) is 12.0 Å². The molecule has 1 heterocycles. The Hall–Kier alpha value is -1.26. The minimum Gasteiger partial charge on any atom is -0.305 e. The molecule has 1 unspecified atom stereocenters. The van der Waals surface area contributed by atoms with Crippen LogP contribution in [0.1, 0.15) is 29.3 Å². The van der Waals surface area contributed by atoms with Gasteiger partial charge in [0.2, 0.25) is 0 Å². The zero-order valence-corrected chi connectivity index (χ0v) is 11.2. The van der Waals surface area contributed by atoms with Crippen LogP contribution in [-0.2, 0) is 6.54 Å². The summed E-state index contributed by atoms with van der Waals surface area (Å²) in [6.07, 6.45) is 2.49. The van der Waals surface area contributed by atoms with Crippen molar-refractivity contribution in [1.82, 2.24) is 5.32 Å². The lowest BCUT2D eigenvalue weighted by Gasteiger charge is -2.17. The highest BCUT2D eigenvalue weighted by molar-refractivity contribution is 7.10. The molecule has 0 spiro atoms. The Morgan fingerprint density at radius 2 is 2.05 bits per heavy atom. The van der Waals surface area contributed by atoms with Crippen molar-refractivity contribution in [2.75, 3.05) is 0 Å². The maximum atomic E-state index is 13.1. The standard InChI is InChI=1S/C15H15F2NS/c16-12-6-3-10(8-13(12)17)9-18-15(11-4-5-11)14-2-1-7-19-14/h1-3,6-8,11,15,18H,4-5,9H2. The maximum absolute atomic E-state index is 13.1. The highest BCUT2D eigenvalue weighted by Gasteiger charge is 2.32. The Balaban J connectivity index is 1.68. The summed E-state index contributed by atoms with van der Waals surface area (Å²) in [5, 5.41) is 5.54. The van der Waals surface area contributed by atoms with Gasteiger partial charge in [0.1, 0.15) is 0 Å². The molecule has 1 N–H and O–H groups in total. The Bertz CT molecular complexity index is 549. The molecule has 1 nitrogen and oxygen atoms in total. The second-order valence-electron chi connectivity index (χ2n) is 4.96. The zero-order valence-electron chi connectivity index (χ0n) is 10.4. The van der Waals surface area contributed by atoms with Crippen molar-refractivity contribution in [3.8, 4) is 0 Å². The summed E-state index contributed by atoms with van der Waals surface area (Å²) in [7, 11) is 0. The van der Waals surface area contributed by atoms with Crippen LogP contribution < -0.4 is 5.32 Å². The molecule has 1 aliphatic carbocycles. The number of benzene rings is 1. The molecule has 0 aliphatic heterocycles. The first-order valence-electron chi connectivity index (χ1n) is 6.45. The zero-order chi connectivity index (χ0) is 13.2. The van der Waals surface area contributed by atoms with E-state index in [1.807, 2.05) is 0 Å². The van der Waals surface area contributed by atoms with E-state index in [2.05, 4.69) is 22.8 Å². The highest BCUT2D eigenvalue weighted by Crippen LogP contribution is 2.42. The van der Waals surface area contributed by atoms with E-state index in [4.69, 9.17) is 0 Å². The van der Waals surface area contributed by atoms with Gasteiger partial charge >= 0.3 is 0 Å². The number of thiophene rings is 1. The van der Waals surface area contributed by atoms with Gasteiger partial charge in [-0.2, -0.15) is 0 Å². The van der Waals surface area contributed by atoms with E-state index >= 15 is 0 Å². The number of halogens is 2. The molecule has 2 aromatic rings. The van der Waals surface area contributed by atoms with Crippen LogP contribution in [0.3, 0.4) is 0 Å². The van der Waals surface area contributed by atoms with Crippen LogP contribution in [0, 0.1) is 17.6 Å². The van der Waals surface area contributed by atoms with Crippen LogP contribution >= 0.6 is 11.3 Å². The molecule has 4 heteroatoms. The molecule has 0 bridgehead atoms. The Morgan fingerprint density at radius 3 is 2.68 bits per heavy atom. The number of hydrogen-bond donors (Lipinski definition) is 1.